The van der Waals surface area contributed by atoms with Gasteiger partial charge in [0.05, 0.1) is 5.69 Å². The van der Waals surface area contributed by atoms with E-state index in [9.17, 15) is 0 Å². The molecule has 0 fully saturated rings. The lowest BCUT2D eigenvalue weighted by atomic mass is 10.2. The van der Waals surface area contributed by atoms with E-state index in [1.54, 1.807) is 12.4 Å². The monoisotopic (exact) mass is 583 g/mol. The van der Waals surface area contributed by atoms with E-state index in [0.717, 1.165) is 40.2 Å². The van der Waals surface area contributed by atoms with Gasteiger partial charge in [-0.25, -0.2) is 19.9 Å². The van der Waals surface area contributed by atoms with Gasteiger partial charge in [0.15, 0.2) is 0 Å². The summed E-state index contributed by atoms with van der Waals surface area (Å²) in [4.78, 5) is 25.9. The minimum absolute atomic E-state index is 0.682. The van der Waals surface area contributed by atoms with Gasteiger partial charge in [0.25, 0.3) is 0 Å². The molecule has 0 spiro atoms. The fraction of sp³-hybridized carbons (Fsp3) is 0. The van der Waals surface area contributed by atoms with E-state index in [4.69, 9.17) is 19.9 Å². The van der Waals surface area contributed by atoms with E-state index < -0.39 is 0 Å². The number of hydrogen-bond acceptors (Lipinski definition) is 7. The smallest absolute Gasteiger partial charge is 0.143 e. The Morgan fingerprint density at radius 1 is 0.289 bits per heavy atom. The van der Waals surface area contributed by atoms with Crippen LogP contribution in [0.15, 0.2) is 176 Å². The lowest BCUT2D eigenvalue weighted by Gasteiger charge is -2.30. The zero-order chi connectivity index (χ0) is 30.3. The van der Waals surface area contributed by atoms with Crippen LogP contribution in [0.2, 0.25) is 0 Å². The largest absolute Gasteiger partial charge is 0.295 e. The van der Waals surface area contributed by atoms with Crippen LogP contribution < -0.4 is 14.7 Å². The fourth-order valence-corrected chi connectivity index (χ4v) is 5.21. The van der Waals surface area contributed by atoms with Gasteiger partial charge < -0.3 is 0 Å². The second kappa shape index (κ2) is 12.9. The molecule has 0 aliphatic carbocycles. The van der Waals surface area contributed by atoms with Gasteiger partial charge in [-0.05, 0) is 72.8 Å². The van der Waals surface area contributed by atoms with Crippen LogP contribution in [0.4, 0.5) is 51.8 Å². The molecule has 0 aliphatic heterocycles. The van der Waals surface area contributed by atoms with Gasteiger partial charge in [-0.3, -0.25) is 14.7 Å². The van der Waals surface area contributed by atoms with Gasteiger partial charge in [-0.2, -0.15) is 0 Å². The molecule has 0 amide bonds. The highest BCUT2D eigenvalue weighted by Gasteiger charge is 2.24. The van der Waals surface area contributed by atoms with Crippen molar-refractivity contribution in [2.75, 3.05) is 14.7 Å². The van der Waals surface area contributed by atoms with Gasteiger partial charge in [-0.15, -0.1) is 0 Å². The topological polar surface area (TPSA) is 61.3 Å². The van der Waals surface area contributed by atoms with E-state index in [1.807, 2.05) is 115 Å². The molecule has 0 saturated heterocycles. The molecule has 7 heteroatoms. The van der Waals surface area contributed by atoms with Gasteiger partial charge in [0.1, 0.15) is 29.1 Å². The maximum atomic E-state index is 5.33. The zero-order valence-corrected chi connectivity index (χ0v) is 24.4. The Morgan fingerprint density at radius 3 is 0.978 bits per heavy atom. The summed E-state index contributed by atoms with van der Waals surface area (Å²) in [6.07, 6.45) is 5.40. The van der Waals surface area contributed by atoms with E-state index in [1.165, 1.54) is 0 Å². The van der Waals surface area contributed by atoms with Crippen LogP contribution in [0.3, 0.4) is 0 Å². The third-order valence-electron chi connectivity index (χ3n) is 7.18. The summed E-state index contributed by atoms with van der Waals surface area (Å²) in [7, 11) is 0. The van der Waals surface area contributed by atoms with Gasteiger partial charge >= 0.3 is 0 Å². The molecule has 4 heterocycles. The standard InChI is InChI=1S/C38H29N7/c1-4-16-30(17-5-1)43(34-22-10-13-25-39-34)33-28-37(44(31-18-6-2-7-19-31)35-23-11-14-26-40-35)42-38(29-33)45(32-20-8-3-9-21-32)36-24-12-15-27-41-36/h1-29H. The van der Waals surface area contributed by atoms with Crippen molar-refractivity contribution in [3.8, 4) is 0 Å². The van der Waals surface area contributed by atoms with Crippen LogP contribution in [-0.2, 0) is 0 Å². The SMILES string of the molecule is c1ccc(N(c2cc(N(c3ccccc3)c3ccccn3)nc(N(c3ccccc3)c3ccccn3)c2)c2ccccn2)cc1. The van der Waals surface area contributed by atoms with Crippen molar-refractivity contribution in [3.63, 3.8) is 0 Å². The van der Waals surface area contributed by atoms with E-state index >= 15 is 0 Å². The third-order valence-corrected chi connectivity index (χ3v) is 7.18. The number of nitrogens with zero attached hydrogens (tertiary/aromatic N) is 7. The fourth-order valence-electron chi connectivity index (χ4n) is 5.21. The Morgan fingerprint density at radius 2 is 0.622 bits per heavy atom. The number of para-hydroxylation sites is 3. The number of aromatic nitrogens is 4. The summed E-state index contributed by atoms with van der Waals surface area (Å²) >= 11 is 0. The third kappa shape index (κ3) is 5.96. The molecular weight excluding hydrogens is 554 g/mol. The lowest BCUT2D eigenvalue weighted by Crippen LogP contribution is -2.19. The molecule has 7 rings (SSSR count). The Kier molecular flexibility index (Phi) is 7.88. The van der Waals surface area contributed by atoms with Crippen LogP contribution in [0, 0.1) is 0 Å². The lowest BCUT2D eigenvalue weighted by molar-refractivity contribution is 1.08. The van der Waals surface area contributed by atoms with Crippen molar-refractivity contribution in [1.82, 2.24) is 19.9 Å². The molecule has 0 bridgehead atoms. The molecule has 0 saturated carbocycles. The first-order valence-electron chi connectivity index (χ1n) is 14.7. The normalized spacial score (nSPS) is 10.7. The molecule has 0 aliphatic rings. The molecule has 0 radical (unpaired) electrons. The second-order valence-corrected chi connectivity index (χ2v) is 10.1. The molecule has 216 valence electrons. The second-order valence-electron chi connectivity index (χ2n) is 10.1. The van der Waals surface area contributed by atoms with Crippen molar-refractivity contribution >= 4 is 51.8 Å². The van der Waals surface area contributed by atoms with Crippen LogP contribution in [0.25, 0.3) is 0 Å². The molecule has 3 aromatic carbocycles. The number of rotatable bonds is 9. The van der Waals surface area contributed by atoms with Crippen LogP contribution in [-0.4, -0.2) is 19.9 Å². The minimum Gasteiger partial charge on any atom is -0.295 e. The Hall–Kier alpha value is -6.34. The average Bonchev–Trinajstić information content (AvgIpc) is 3.12. The molecule has 4 aromatic heterocycles. The summed E-state index contributed by atoms with van der Waals surface area (Å²) in [5, 5.41) is 0. The highest BCUT2D eigenvalue weighted by atomic mass is 15.3. The van der Waals surface area contributed by atoms with Crippen LogP contribution in [0.5, 0.6) is 0 Å². The van der Waals surface area contributed by atoms with Crippen molar-refractivity contribution < 1.29 is 0 Å². The Labute approximate surface area is 262 Å². The average molecular weight is 584 g/mol. The van der Waals surface area contributed by atoms with Crippen molar-refractivity contribution in [2.24, 2.45) is 0 Å². The van der Waals surface area contributed by atoms with Crippen LogP contribution in [0.1, 0.15) is 0 Å². The minimum atomic E-state index is 0.682. The Bertz CT molecular complexity index is 1580. The molecule has 7 aromatic rings. The first-order chi connectivity index (χ1) is 22.3. The predicted molar refractivity (Wildman–Crippen MR) is 182 cm³/mol. The van der Waals surface area contributed by atoms with E-state index in [-0.39, 0.29) is 0 Å². The molecule has 0 atom stereocenters. The van der Waals surface area contributed by atoms with Crippen molar-refractivity contribution in [2.45, 2.75) is 0 Å². The summed E-state index contributed by atoms with van der Waals surface area (Å²) in [5.41, 5.74) is 3.70. The molecular formula is C38H29N7. The highest BCUT2D eigenvalue weighted by Crippen LogP contribution is 2.42. The first kappa shape index (κ1) is 27.5. The summed E-state index contributed by atoms with van der Waals surface area (Å²) in [6.45, 7) is 0. The quantitative estimate of drug-likeness (QED) is 0.168. The van der Waals surface area contributed by atoms with Gasteiger partial charge in [-0.1, -0.05) is 72.8 Å². The predicted octanol–water partition coefficient (Wildman–Crippen LogP) is 9.68. The number of hydrogen-bond donors (Lipinski definition) is 0. The first-order valence-corrected chi connectivity index (χ1v) is 14.7. The molecule has 0 N–H and O–H groups in total. The van der Waals surface area contributed by atoms with Gasteiger partial charge in [0, 0.05) is 47.8 Å². The summed E-state index contributed by atoms with van der Waals surface area (Å²) in [6, 6.07) is 52.4. The van der Waals surface area contributed by atoms with E-state index in [0.29, 0.717) is 11.6 Å². The molecule has 7 nitrogen and oxygen atoms in total. The highest BCUT2D eigenvalue weighted by molar-refractivity contribution is 5.84. The maximum absolute atomic E-state index is 5.33. The van der Waals surface area contributed by atoms with Gasteiger partial charge in [0.2, 0.25) is 0 Å². The van der Waals surface area contributed by atoms with Crippen molar-refractivity contribution in [1.29, 1.82) is 0 Å². The maximum Gasteiger partial charge on any atom is 0.143 e. The number of pyridine rings is 4. The summed E-state index contributed by atoms with van der Waals surface area (Å²) in [5.74, 6) is 3.63. The Balaban J connectivity index is 1.52. The van der Waals surface area contributed by atoms with E-state index in [2.05, 4.69) is 63.2 Å². The van der Waals surface area contributed by atoms with Crippen molar-refractivity contribution in [3.05, 3.63) is 176 Å². The number of anilines is 9. The van der Waals surface area contributed by atoms with Crippen LogP contribution >= 0.6 is 0 Å². The molecule has 0 unspecified atom stereocenters. The zero-order valence-electron chi connectivity index (χ0n) is 24.4. The number of benzene rings is 3. The molecule has 45 heavy (non-hydrogen) atoms. The summed E-state index contributed by atoms with van der Waals surface area (Å²) < 4.78 is 0.